The standard InChI is InChI=1S/C47H54F3N3O9/c1-46(2,3)62-45(59)52-27-40(44(58)53-35-18-17-33-26-51-22-21-32(33)23-35)31-15-13-30(14-16-31)28-61-43(57)12-7-5-4-6-11-38-39(42(56)25-41(38)55)20-19-36(54)29-60-37-10-8-9-34(24-37)47(48,49)50/h4,6,8-10,13-24,26,36,38-42,54-56H,5,7,11-12,25,27-29H2,1-3H3,(H,52,59)(H,53,58)/t36?,38-,39-,40?,41+,42-/m1/s1. The first kappa shape index (κ1) is 47.3. The first-order valence-electron chi connectivity index (χ1n) is 20.5. The number of aliphatic hydroxyl groups excluding tert-OH is 3. The molecule has 0 aliphatic heterocycles. The molecule has 12 nitrogen and oxygen atoms in total. The number of hydrogen-bond acceptors (Lipinski definition) is 10. The number of unbranched alkanes of at least 4 members (excludes halogenated alkanes) is 1. The minimum atomic E-state index is -4.52. The molecule has 1 aliphatic rings. The predicted molar refractivity (Wildman–Crippen MR) is 227 cm³/mol. The number of fused-ring (bicyclic) bond motifs is 1. The average Bonchev–Trinajstić information content (AvgIpc) is 3.49. The van der Waals surface area contributed by atoms with Gasteiger partial charge in [0.15, 0.2) is 0 Å². The van der Waals surface area contributed by atoms with Crippen molar-refractivity contribution < 1.29 is 57.1 Å². The van der Waals surface area contributed by atoms with Crippen molar-refractivity contribution in [2.45, 2.75) is 95.5 Å². The monoisotopic (exact) mass is 861 g/mol. The van der Waals surface area contributed by atoms with Gasteiger partial charge in [0.25, 0.3) is 0 Å². The number of nitrogens with one attached hydrogen (secondary N) is 2. The molecule has 0 bridgehead atoms. The Kier molecular flexibility index (Phi) is 16.7. The van der Waals surface area contributed by atoms with Gasteiger partial charge < -0.3 is 40.2 Å². The number of halogens is 3. The molecule has 1 saturated carbocycles. The molecule has 2 amide bonds. The van der Waals surface area contributed by atoms with E-state index in [9.17, 15) is 42.9 Å². The molecule has 1 heterocycles. The third-order valence-electron chi connectivity index (χ3n) is 10.2. The largest absolute Gasteiger partial charge is 0.491 e. The molecule has 6 atom stereocenters. The van der Waals surface area contributed by atoms with Crippen LogP contribution in [0.15, 0.2) is 109 Å². The fourth-order valence-corrected chi connectivity index (χ4v) is 7.03. The summed E-state index contributed by atoms with van der Waals surface area (Å²) in [5, 5.41) is 39.0. The maximum absolute atomic E-state index is 13.6. The first-order valence-corrected chi connectivity index (χ1v) is 20.5. The number of carbonyl (C=O) groups excluding carboxylic acids is 3. The lowest BCUT2D eigenvalue weighted by molar-refractivity contribution is -0.145. The molecule has 4 aromatic rings. The maximum atomic E-state index is 13.6. The van der Waals surface area contributed by atoms with Gasteiger partial charge in [0.05, 0.1) is 23.7 Å². The zero-order valence-corrected chi connectivity index (χ0v) is 34.9. The van der Waals surface area contributed by atoms with Gasteiger partial charge >= 0.3 is 18.2 Å². The summed E-state index contributed by atoms with van der Waals surface area (Å²) in [6, 6.07) is 18.7. The van der Waals surface area contributed by atoms with Crippen molar-refractivity contribution in [2.24, 2.45) is 11.8 Å². The van der Waals surface area contributed by atoms with Gasteiger partial charge in [-0.25, -0.2) is 4.79 Å². The zero-order chi connectivity index (χ0) is 44.9. The van der Waals surface area contributed by atoms with Crippen molar-refractivity contribution in [3.8, 4) is 5.75 Å². The number of nitrogens with zero attached hydrogens (tertiary/aromatic N) is 1. The van der Waals surface area contributed by atoms with E-state index < -0.39 is 53.6 Å². The SMILES string of the molecule is CC(C)(C)OC(=O)NCC(C(=O)Nc1ccc2cnccc2c1)c1ccc(COC(=O)CCCC=CC[C@@H]2[C@@H](C=CC(O)COc3cccc(C(F)(F)F)c3)[C@H](O)C[C@@H]2O)cc1. The van der Waals surface area contributed by atoms with Crippen molar-refractivity contribution in [2.75, 3.05) is 18.5 Å². The average molecular weight is 862 g/mol. The van der Waals surface area contributed by atoms with Crippen LogP contribution in [0, 0.1) is 11.8 Å². The number of aliphatic hydroxyl groups is 3. The zero-order valence-electron chi connectivity index (χ0n) is 34.9. The molecule has 332 valence electrons. The van der Waals surface area contributed by atoms with Crippen molar-refractivity contribution >= 4 is 34.4 Å². The van der Waals surface area contributed by atoms with Gasteiger partial charge in [-0.15, -0.1) is 0 Å². The third-order valence-corrected chi connectivity index (χ3v) is 10.2. The van der Waals surface area contributed by atoms with Gasteiger partial charge in [-0.05, 0) is 98.9 Å². The van der Waals surface area contributed by atoms with Crippen LogP contribution in [0.25, 0.3) is 10.8 Å². The Morgan fingerprint density at radius 2 is 1.73 bits per heavy atom. The summed E-state index contributed by atoms with van der Waals surface area (Å²) in [5.41, 5.74) is 0.347. The highest BCUT2D eigenvalue weighted by Crippen LogP contribution is 2.37. The van der Waals surface area contributed by atoms with Crippen molar-refractivity contribution in [1.82, 2.24) is 10.3 Å². The van der Waals surface area contributed by atoms with Gasteiger partial charge in [-0.2, -0.15) is 13.2 Å². The van der Waals surface area contributed by atoms with Crippen LogP contribution in [-0.2, 0) is 31.8 Å². The number of alkyl carbamates (subject to hydrolysis) is 1. The van der Waals surface area contributed by atoms with E-state index in [4.69, 9.17) is 14.2 Å². The van der Waals surface area contributed by atoms with Gasteiger partial charge in [0.2, 0.25) is 5.91 Å². The number of carbonyl (C=O) groups is 3. The van der Waals surface area contributed by atoms with Crippen molar-refractivity contribution in [3.63, 3.8) is 0 Å². The first-order chi connectivity index (χ1) is 29.4. The predicted octanol–water partition coefficient (Wildman–Crippen LogP) is 8.01. The molecular weight excluding hydrogens is 808 g/mol. The Hall–Kier alpha value is -5.77. The van der Waals surface area contributed by atoms with Gasteiger partial charge in [0.1, 0.15) is 30.7 Å². The number of esters is 1. The minimum absolute atomic E-state index is 0.0246. The second-order valence-corrected chi connectivity index (χ2v) is 16.3. The second kappa shape index (κ2) is 21.8. The number of benzene rings is 3. The number of ether oxygens (including phenoxy) is 3. The highest BCUT2D eigenvalue weighted by Gasteiger charge is 2.39. The lowest BCUT2D eigenvalue weighted by atomic mass is 9.89. The summed E-state index contributed by atoms with van der Waals surface area (Å²) < 4.78 is 55.2. The van der Waals surface area contributed by atoms with E-state index in [0.29, 0.717) is 36.1 Å². The second-order valence-electron chi connectivity index (χ2n) is 16.3. The van der Waals surface area contributed by atoms with Crippen LogP contribution in [0.1, 0.15) is 75.5 Å². The lowest BCUT2D eigenvalue weighted by Crippen LogP contribution is -2.37. The fraction of sp³-hybridized carbons (Fsp3) is 0.404. The van der Waals surface area contributed by atoms with E-state index in [1.807, 2.05) is 30.4 Å². The van der Waals surface area contributed by atoms with Crippen LogP contribution in [0.2, 0.25) is 0 Å². The summed E-state index contributed by atoms with van der Waals surface area (Å²) >= 11 is 0. The Balaban J connectivity index is 1.06. The number of pyridine rings is 1. The summed E-state index contributed by atoms with van der Waals surface area (Å²) in [6.45, 7) is 4.94. The number of allylic oxidation sites excluding steroid dienone is 2. The summed E-state index contributed by atoms with van der Waals surface area (Å²) in [5.74, 6) is -2.33. The normalized spacial score (nSPS) is 19.0. The van der Waals surface area contributed by atoms with E-state index in [2.05, 4.69) is 15.6 Å². The molecule has 15 heteroatoms. The Morgan fingerprint density at radius 1 is 0.952 bits per heavy atom. The smallest absolute Gasteiger partial charge is 0.416 e. The molecule has 62 heavy (non-hydrogen) atoms. The molecule has 0 spiro atoms. The molecule has 1 aliphatic carbocycles. The minimum Gasteiger partial charge on any atom is -0.491 e. The Labute approximate surface area is 358 Å². The quantitative estimate of drug-likeness (QED) is 0.0374. The van der Waals surface area contributed by atoms with E-state index >= 15 is 0 Å². The molecule has 3 aromatic carbocycles. The number of amides is 2. The van der Waals surface area contributed by atoms with Crippen LogP contribution >= 0.6 is 0 Å². The third kappa shape index (κ3) is 14.7. The van der Waals surface area contributed by atoms with Crippen LogP contribution in [0.5, 0.6) is 5.75 Å². The molecular formula is C47H54F3N3O9. The lowest BCUT2D eigenvalue weighted by Gasteiger charge is -2.22. The maximum Gasteiger partial charge on any atom is 0.416 e. The Morgan fingerprint density at radius 3 is 2.47 bits per heavy atom. The number of rotatable bonds is 18. The van der Waals surface area contributed by atoms with Gasteiger partial charge in [-0.1, -0.05) is 60.7 Å². The van der Waals surface area contributed by atoms with Crippen LogP contribution in [0.3, 0.4) is 0 Å². The molecule has 2 unspecified atom stereocenters. The van der Waals surface area contributed by atoms with E-state index in [1.54, 1.807) is 69.6 Å². The molecule has 5 N–H and O–H groups in total. The number of anilines is 1. The van der Waals surface area contributed by atoms with Crippen LogP contribution in [-0.4, -0.2) is 75.3 Å². The molecule has 1 fully saturated rings. The fourth-order valence-electron chi connectivity index (χ4n) is 7.03. The molecule has 1 aromatic heterocycles. The number of hydrogen-bond donors (Lipinski definition) is 5. The molecule has 0 saturated heterocycles. The van der Waals surface area contributed by atoms with Crippen molar-refractivity contribution in [1.29, 1.82) is 0 Å². The Bertz CT molecular complexity index is 2170. The van der Waals surface area contributed by atoms with E-state index in [0.717, 1.165) is 22.9 Å². The van der Waals surface area contributed by atoms with E-state index in [1.165, 1.54) is 18.2 Å². The molecule has 0 radical (unpaired) electrons. The van der Waals surface area contributed by atoms with Crippen LogP contribution < -0.4 is 15.4 Å². The summed E-state index contributed by atoms with van der Waals surface area (Å²) in [4.78, 5) is 42.8. The topological polar surface area (TPSA) is 177 Å². The summed E-state index contributed by atoms with van der Waals surface area (Å²) in [6.07, 6.45) is 4.08. The van der Waals surface area contributed by atoms with Crippen LogP contribution in [0.4, 0.5) is 23.7 Å². The van der Waals surface area contributed by atoms with Gasteiger partial charge in [-0.3, -0.25) is 14.6 Å². The highest BCUT2D eigenvalue weighted by atomic mass is 19.4. The van der Waals surface area contributed by atoms with E-state index in [-0.39, 0.29) is 56.1 Å². The molecule has 5 rings (SSSR count). The number of alkyl halides is 3. The number of aromatic nitrogens is 1. The van der Waals surface area contributed by atoms with Gasteiger partial charge in [0, 0.05) is 48.8 Å². The highest BCUT2D eigenvalue weighted by molar-refractivity contribution is 5.98. The van der Waals surface area contributed by atoms with Crippen molar-refractivity contribution in [3.05, 3.63) is 126 Å². The summed E-state index contributed by atoms with van der Waals surface area (Å²) in [7, 11) is 0.